The van der Waals surface area contributed by atoms with E-state index in [2.05, 4.69) is 46.5 Å². The molecule has 0 radical (unpaired) electrons. The van der Waals surface area contributed by atoms with E-state index in [-0.39, 0.29) is 5.38 Å². The summed E-state index contributed by atoms with van der Waals surface area (Å²) >= 11 is 9.94. The van der Waals surface area contributed by atoms with E-state index in [1.165, 1.54) is 10.2 Å². The highest BCUT2D eigenvalue weighted by Crippen LogP contribution is 2.25. The highest BCUT2D eigenvalue weighted by molar-refractivity contribution is 9.10. The van der Waals surface area contributed by atoms with E-state index < -0.39 is 0 Å². The maximum Gasteiger partial charge on any atom is 0.0766 e. The van der Waals surface area contributed by atoms with Crippen LogP contribution in [-0.2, 0) is 19.4 Å². The second-order valence-electron chi connectivity index (χ2n) is 4.30. The molecule has 1 unspecified atom stereocenters. The molecule has 0 fully saturated rings. The summed E-state index contributed by atoms with van der Waals surface area (Å²) in [5.74, 6) is 0. The average Bonchev–Trinajstić information content (AvgIpc) is 2.63. The third-order valence-corrected chi connectivity index (χ3v) is 4.34. The summed E-state index contributed by atoms with van der Waals surface area (Å²) in [6.07, 6.45) is 5.26. The Morgan fingerprint density at radius 3 is 2.53 bits per heavy atom. The molecule has 1 heterocycles. The fourth-order valence-electron chi connectivity index (χ4n) is 2.01. The molecule has 0 bridgehead atoms. The predicted molar refractivity (Wildman–Crippen MR) is 77.8 cm³/mol. The van der Waals surface area contributed by atoms with E-state index in [1.54, 1.807) is 0 Å². The van der Waals surface area contributed by atoms with Crippen molar-refractivity contribution in [3.8, 4) is 0 Å². The Hall–Kier alpha value is -0.0200. The Labute approximate surface area is 118 Å². The van der Waals surface area contributed by atoms with Crippen LogP contribution in [-0.4, -0.2) is 15.2 Å². The van der Waals surface area contributed by atoms with Crippen LogP contribution in [0.15, 0.2) is 4.47 Å². The second kappa shape index (κ2) is 7.42. The first-order valence-electron chi connectivity index (χ1n) is 6.52. The molecule has 0 aliphatic carbocycles. The van der Waals surface area contributed by atoms with Gasteiger partial charge in [0.2, 0.25) is 0 Å². The first kappa shape index (κ1) is 15.0. The first-order valence-corrected chi connectivity index (χ1v) is 7.74. The number of nitrogens with zero attached hydrogens (tertiary/aromatic N) is 2. The summed E-state index contributed by atoms with van der Waals surface area (Å²) in [6.45, 7) is 7.37. The van der Waals surface area contributed by atoms with Crippen LogP contribution >= 0.6 is 27.5 Å². The highest BCUT2D eigenvalue weighted by Gasteiger charge is 2.14. The molecular formula is C13H22BrClN2. The molecule has 0 spiro atoms. The summed E-state index contributed by atoms with van der Waals surface area (Å²) in [5.41, 5.74) is 2.45. The zero-order valence-corrected chi connectivity index (χ0v) is 13.3. The number of hydrogen-bond donors (Lipinski definition) is 0. The van der Waals surface area contributed by atoms with Gasteiger partial charge in [-0.1, -0.05) is 20.3 Å². The molecule has 0 saturated carbocycles. The smallest absolute Gasteiger partial charge is 0.0766 e. The quantitative estimate of drug-likeness (QED) is 0.673. The monoisotopic (exact) mass is 320 g/mol. The van der Waals surface area contributed by atoms with Crippen LogP contribution in [0.2, 0.25) is 0 Å². The number of halogens is 2. The Balaban J connectivity index is 2.72. The van der Waals surface area contributed by atoms with Crippen LogP contribution in [0, 0.1) is 0 Å². The molecule has 1 atom stereocenters. The highest BCUT2D eigenvalue weighted by atomic mass is 79.9. The van der Waals surface area contributed by atoms with Crippen LogP contribution < -0.4 is 0 Å². The molecule has 0 N–H and O–H groups in total. The van der Waals surface area contributed by atoms with Gasteiger partial charge in [0, 0.05) is 11.9 Å². The molecule has 1 aromatic rings. The third kappa shape index (κ3) is 3.99. The maximum atomic E-state index is 6.27. The van der Waals surface area contributed by atoms with Gasteiger partial charge in [-0.3, -0.25) is 4.68 Å². The van der Waals surface area contributed by atoms with Gasteiger partial charge in [0.05, 0.1) is 15.9 Å². The van der Waals surface area contributed by atoms with Gasteiger partial charge in [0.25, 0.3) is 0 Å². The van der Waals surface area contributed by atoms with Gasteiger partial charge in [-0.15, -0.1) is 11.6 Å². The van der Waals surface area contributed by atoms with Crippen LogP contribution in [0.25, 0.3) is 0 Å². The van der Waals surface area contributed by atoms with Crippen molar-refractivity contribution in [2.75, 3.05) is 0 Å². The summed E-state index contributed by atoms with van der Waals surface area (Å²) < 4.78 is 3.28. The molecular weight excluding hydrogens is 300 g/mol. The summed E-state index contributed by atoms with van der Waals surface area (Å²) in [4.78, 5) is 0. The fraction of sp³-hybridized carbons (Fsp3) is 0.769. The van der Waals surface area contributed by atoms with Crippen molar-refractivity contribution in [3.63, 3.8) is 0 Å². The lowest BCUT2D eigenvalue weighted by molar-refractivity contribution is 0.589. The van der Waals surface area contributed by atoms with Crippen LogP contribution in [0.4, 0.5) is 0 Å². The summed E-state index contributed by atoms with van der Waals surface area (Å²) in [6, 6.07) is 0. The van der Waals surface area contributed by atoms with Crippen molar-refractivity contribution in [1.82, 2.24) is 9.78 Å². The van der Waals surface area contributed by atoms with Gasteiger partial charge in [-0.2, -0.15) is 5.10 Å². The fourth-order valence-corrected chi connectivity index (χ4v) is 3.10. The Bertz CT molecular complexity index is 349. The van der Waals surface area contributed by atoms with Crippen molar-refractivity contribution in [3.05, 3.63) is 15.9 Å². The number of hydrogen-bond acceptors (Lipinski definition) is 1. The van der Waals surface area contributed by atoms with Gasteiger partial charge >= 0.3 is 0 Å². The van der Waals surface area contributed by atoms with Crippen molar-refractivity contribution in [1.29, 1.82) is 0 Å². The molecule has 2 nitrogen and oxygen atoms in total. The minimum Gasteiger partial charge on any atom is -0.268 e. The van der Waals surface area contributed by atoms with Gasteiger partial charge < -0.3 is 0 Å². The van der Waals surface area contributed by atoms with Gasteiger partial charge in [-0.05, 0) is 48.5 Å². The van der Waals surface area contributed by atoms with Crippen LogP contribution in [0.3, 0.4) is 0 Å². The Morgan fingerprint density at radius 2 is 2.00 bits per heavy atom. The molecule has 0 amide bonds. The largest absolute Gasteiger partial charge is 0.268 e. The topological polar surface area (TPSA) is 17.8 Å². The molecule has 0 saturated heterocycles. The van der Waals surface area contributed by atoms with Crippen molar-refractivity contribution in [2.45, 2.75) is 64.8 Å². The molecule has 0 aliphatic rings. The number of rotatable bonds is 7. The summed E-state index contributed by atoms with van der Waals surface area (Å²) in [5, 5.41) is 4.89. The minimum atomic E-state index is 0.289. The maximum absolute atomic E-state index is 6.27. The molecule has 0 aliphatic heterocycles. The van der Waals surface area contributed by atoms with E-state index in [4.69, 9.17) is 11.6 Å². The zero-order valence-electron chi connectivity index (χ0n) is 11.0. The van der Waals surface area contributed by atoms with E-state index >= 15 is 0 Å². The number of aromatic nitrogens is 2. The van der Waals surface area contributed by atoms with Crippen LogP contribution in [0.1, 0.15) is 51.4 Å². The van der Waals surface area contributed by atoms with E-state index in [9.17, 15) is 0 Å². The van der Waals surface area contributed by atoms with Crippen LogP contribution in [0.5, 0.6) is 0 Å². The van der Waals surface area contributed by atoms with E-state index in [0.717, 1.165) is 44.3 Å². The van der Waals surface area contributed by atoms with Crippen molar-refractivity contribution < 1.29 is 0 Å². The standard InChI is InChI=1S/C13H22BrClN2/c1-4-7-10(15)8-9-12-13(14)11(5-2)16-17(12)6-3/h10H,4-9H2,1-3H3. The average molecular weight is 322 g/mol. The molecule has 0 aromatic carbocycles. The Kier molecular flexibility index (Phi) is 6.57. The second-order valence-corrected chi connectivity index (χ2v) is 5.71. The minimum absolute atomic E-state index is 0.289. The van der Waals surface area contributed by atoms with Gasteiger partial charge in [0.1, 0.15) is 0 Å². The lowest BCUT2D eigenvalue weighted by atomic mass is 10.1. The Morgan fingerprint density at radius 1 is 1.29 bits per heavy atom. The molecule has 98 valence electrons. The lowest BCUT2D eigenvalue weighted by Gasteiger charge is -2.09. The number of alkyl halides is 1. The molecule has 1 aromatic heterocycles. The molecule has 4 heteroatoms. The summed E-state index contributed by atoms with van der Waals surface area (Å²) in [7, 11) is 0. The van der Waals surface area contributed by atoms with Gasteiger partial charge in [-0.25, -0.2) is 0 Å². The molecule has 1 rings (SSSR count). The van der Waals surface area contributed by atoms with Gasteiger partial charge in [0.15, 0.2) is 0 Å². The van der Waals surface area contributed by atoms with E-state index in [1.807, 2.05) is 0 Å². The molecule has 17 heavy (non-hydrogen) atoms. The number of aryl methyl sites for hydroxylation is 2. The van der Waals surface area contributed by atoms with Crippen molar-refractivity contribution in [2.24, 2.45) is 0 Å². The zero-order chi connectivity index (χ0) is 12.8. The third-order valence-electron chi connectivity index (χ3n) is 2.99. The SMILES string of the molecule is CCCC(Cl)CCc1c(Br)c(CC)nn1CC. The lowest BCUT2D eigenvalue weighted by Crippen LogP contribution is -2.06. The first-order chi connectivity index (χ1) is 8.13. The van der Waals surface area contributed by atoms with Crippen molar-refractivity contribution >= 4 is 27.5 Å². The normalized spacial score (nSPS) is 13.0. The van der Waals surface area contributed by atoms with E-state index in [0.29, 0.717) is 0 Å². The predicted octanol–water partition coefficient (Wildman–Crippen LogP) is 4.57.